The Morgan fingerprint density at radius 1 is 0.361 bits per heavy atom. The molecule has 0 fully saturated rings. The van der Waals surface area contributed by atoms with Crippen LogP contribution in [0.2, 0.25) is 0 Å². The Morgan fingerprint density at radius 3 is 1.27 bits per heavy atom. The van der Waals surface area contributed by atoms with Crippen LogP contribution in [0.1, 0.15) is 243 Å². The molecule has 2 atom stereocenters. The molecule has 6 heterocycles. The molecule has 0 amide bonds. The van der Waals surface area contributed by atoms with E-state index >= 15 is 8.78 Å². The number of nitrogens with zero attached hydrogens (tertiary/aromatic N) is 4. The molecule has 0 spiro atoms. The van der Waals surface area contributed by atoms with Gasteiger partial charge < -0.3 is 0 Å². The van der Waals surface area contributed by atoms with Gasteiger partial charge in [-0.1, -0.05) is 131 Å². The summed E-state index contributed by atoms with van der Waals surface area (Å²) in [4.78, 5) is 5.39. The van der Waals surface area contributed by atoms with E-state index in [0.717, 1.165) is 156 Å². The van der Waals surface area contributed by atoms with E-state index in [4.69, 9.17) is 34.9 Å². The molecule has 12 aromatic rings. The second-order valence-corrected chi connectivity index (χ2v) is 36.7. The molecule has 0 saturated heterocycles. The summed E-state index contributed by atoms with van der Waals surface area (Å²) in [6, 6.07) is 33.8. The van der Waals surface area contributed by atoms with E-state index in [0.29, 0.717) is 48.0 Å². The average molecular weight is 1660 g/mol. The van der Waals surface area contributed by atoms with E-state index in [1.165, 1.54) is 187 Å². The predicted molar refractivity (Wildman–Crippen MR) is 462 cm³/mol. The van der Waals surface area contributed by atoms with E-state index in [1.807, 2.05) is 46.9 Å². The summed E-state index contributed by atoms with van der Waals surface area (Å²) in [5.74, 6) is 2.64. The summed E-state index contributed by atoms with van der Waals surface area (Å²) in [6.45, 7) is 24.8. The molecule has 0 aliphatic heterocycles. The number of aromatic nitrogens is 4. The molecule has 2 unspecified atom stereocenters. The fourth-order valence-electron chi connectivity index (χ4n) is 15.6. The van der Waals surface area contributed by atoms with Crippen LogP contribution in [0.25, 0.3) is 117 Å². The number of benzene rings is 6. The van der Waals surface area contributed by atoms with Crippen LogP contribution in [-0.4, -0.2) is 72.3 Å². The monoisotopic (exact) mass is 1660 g/mol. The Balaban J connectivity index is 0.900. The molecule has 0 bridgehead atoms. The minimum absolute atomic E-state index is 0.211. The third-order valence-electron chi connectivity index (χ3n) is 22.0. The SMILES string of the molecule is CCCCCCCCCCCCOc1c(C)c(-c2ccc(-c3ccc(-c4ccc(-c5c(OCCCCCCCCCCCC)c(C)c(-c6cc7c(-c8cccc(OCC(CC)CCCC)c8)c8sc(C)cc8c(-c8cccc(OCC(CC)CCCC)c8)c7s6)c6n[se]nc56)s4)c(F)c3F)s2)c2n[se]nc2c1C. The van der Waals surface area contributed by atoms with Gasteiger partial charge in [0.25, 0.3) is 0 Å². The summed E-state index contributed by atoms with van der Waals surface area (Å²) >= 11 is 5.86. The molecule has 8 nitrogen and oxygen atoms in total. The van der Waals surface area contributed by atoms with Crippen LogP contribution in [-0.2, 0) is 0 Å². The van der Waals surface area contributed by atoms with Crippen molar-refractivity contribution in [2.45, 2.75) is 249 Å². The number of halogens is 2. The zero-order valence-corrected chi connectivity index (χ0v) is 72.3. The first-order chi connectivity index (χ1) is 52.9. The van der Waals surface area contributed by atoms with Crippen molar-refractivity contribution in [3.05, 3.63) is 130 Å². The van der Waals surface area contributed by atoms with Gasteiger partial charge in [0.05, 0.1) is 0 Å². The maximum atomic E-state index is 17.2. The van der Waals surface area contributed by atoms with Gasteiger partial charge in [-0.2, -0.15) is 0 Å². The third kappa shape index (κ3) is 19.3. The maximum absolute atomic E-state index is 17.2. The number of rotatable bonds is 45. The van der Waals surface area contributed by atoms with Crippen LogP contribution in [0.5, 0.6) is 23.0 Å². The molecule has 12 rings (SSSR count). The second-order valence-electron chi connectivity index (χ2n) is 30.0. The minimum atomic E-state index is -0.878. The molecule has 0 aliphatic carbocycles. The number of fused-ring (bicyclic) bond motifs is 4. The first-order valence-electron chi connectivity index (χ1n) is 40.8. The van der Waals surface area contributed by atoms with E-state index in [2.05, 4.69) is 130 Å². The number of thiophene rings is 4. The van der Waals surface area contributed by atoms with E-state index in [1.54, 1.807) is 12.1 Å². The molecular weight excluding hydrogens is 1550 g/mol. The van der Waals surface area contributed by atoms with Crippen molar-refractivity contribution >= 4 is 118 Å². The van der Waals surface area contributed by atoms with Gasteiger partial charge in [0.1, 0.15) is 0 Å². The van der Waals surface area contributed by atoms with Crippen molar-refractivity contribution in [2.24, 2.45) is 11.8 Å². The van der Waals surface area contributed by atoms with Gasteiger partial charge in [0.2, 0.25) is 0 Å². The van der Waals surface area contributed by atoms with Gasteiger partial charge in [-0.3, -0.25) is 0 Å². The molecule has 6 aromatic carbocycles. The Labute approximate surface area is 670 Å². The first-order valence-corrected chi connectivity index (χ1v) is 47.2. The molecule has 6 aromatic heterocycles. The Kier molecular flexibility index (Phi) is 30.5. The quantitative estimate of drug-likeness (QED) is 0.0276. The number of unbranched alkanes of at least 4 members (excludes halogenated alkanes) is 20. The number of ether oxygens (including phenoxy) is 4. The fourth-order valence-corrected chi connectivity index (χ4v) is 22.7. The van der Waals surface area contributed by atoms with Gasteiger partial charge in [-0.05, 0) is 24.7 Å². The van der Waals surface area contributed by atoms with Crippen LogP contribution in [0.4, 0.5) is 8.78 Å². The van der Waals surface area contributed by atoms with Crippen LogP contribution in [0.15, 0.2) is 97.1 Å². The summed E-state index contributed by atoms with van der Waals surface area (Å²) in [5.41, 5.74) is 14.3. The van der Waals surface area contributed by atoms with Crippen molar-refractivity contribution < 1.29 is 27.7 Å². The van der Waals surface area contributed by atoms with Crippen LogP contribution in [0, 0.1) is 51.2 Å². The Hall–Kier alpha value is -6.06. The van der Waals surface area contributed by atoms with Gasteiger partial charge in [0, 0.05) is 0 Å². The first kappa shape index (κ1) is 81.4. The zero-order chi connectivity index (χ0) is 75.5. The van der Waals surface area contributed by atoms with Crippen LogP contribution in [0.3, 0.4) is 0 Å². The van der Waals surface area contributed by atoms with Crippen molar-refractivity contribution in [3.63, 3.8) is 0 Å². The molecule has 16 heteroatoms. The Bertz CT molecular complexity index is 4790. The van der Waals surface area contributed by atoms with Gasteiger partial charge >= 0.3 is 520 Å². The van der Waals surface area contributed by atoms with Gasteiger partial charge in [-0.15, -0.1) is 0 Å². The van der Waals surface area contributed by atoms with Crippen molar-refractivity contribution in [1.29, 1.82) is 0 Å². The van der Waals surface area contributed by atoms with Crippen molar-refractivity contribution in [3.8, 4) is 97.5 Å². The summed E-state index contributed by atoms with van der Waals surface area (Å²) < 4.78 is 84.7. The summed E-state index contributed by atoms with van der Waals surface area (Å²) in [5, 5.41) is 2.39. The normalized spacial score (nSPS) is 12.4. The molecular formula is C92H112F2N4O4S4Se2. The number of hydrogen-bond acceptors (Lipinski definition) is 12. The van der Waals surface area contributed by atoms with Crippen molar-refractivity contribution in [1.82, 2.24) is 15.9 Å². The standard InChI is InChI=1S/C92H112F2N4O4S4Se2/c1-11-17-21-23-25-27-29-31-33-35-51-99-89-60(8)78(86-85(62(89)10)95-107-96-86)75-49-47-73(104-75)69-45-46-70(84(94)83(69)93)74-48-50-76(105-74)82-88-87(97-108-98-88)79(61(9)90(82)100-52-36-34-32-30-28-26-24-22-18-12-2)77-56-72-81(66-42-38-44-68(55-66)102-58-64(16-6)40-20-14-4)91-71(53-59(7)103-91)80(92(72)106-77)65-41-37-43-67(54-65)101-57-63(15-5)39-19-13-3/h37-38,41-50,53-56,63-64H,11-36,39-40,51-52,57-58H2,1-10H3. The van der Waals surface area contributed by atoms with E-state index in [9.17, 15) is 0 Å². The number of aryl methyl sites for hydroxylation is 2. The third-order valence-corrected chi connectivity index (χ3v) is 28.7. The van der Waals surface area contributed by atoms with Gasteiger partial charge in [0.15, 0.2) is 0 Å². The zero-order valence-electron chi connectivity index (χ0n) is 65.6. The fraction of sp³-hybridized carbons (Fsp3) is 0.478. The average Bonchev–Trinajstić information content (AvgIpc) is 1.55. The van der Waals surface area contributed by atoms with Crippen LogP contribution < -0.4 is 18.9 Å². The summed E-state index contributed by atoms with van der Waals surface area (Å²) in [7, 11) is 0. The van der Waals surface area contributed by atoms with Crippen molar-refractivity contribution in [2.75, 3.05) is 26.4 Å². The topological polar surface area (TPSA) is 88.5 Å². The number of hydrogen-bond donors (Lipinski definition) is 0. The summed E-state index contributed by atoms with van der Waals surface area (Å²) in [6.07, 6.45) is 34.0. The van der Waals surface area contributed by atoms with Crippen LogP contribution >= 0.6 is 45.3 Å². The van der Waals surface area contributed by atoms with Gasteiger partial charge in [-0.25, -0.2) is 0 Å². The molecule has 108 heavy (non-hydrogen) atoms. The van der Waals surface area contributed by atoms with E-state index < -0.39 is 26.6 Å². The molecule has 574 valence electrons. The van der Waals surface area contributed by atoms with E-state index in [-0.39, 0.29) is 26.1 Å². The molecule has 0 aliphatic rings. The molecule has 0 N–H and O–H groups in total. The predicted octanol–water partition coefficient (Wildman–Crippen LogP) is 29.2. The molecule has 0 radical (unpaired) electrons. The molecule has 0 saturated carbocycles. The second kappa shape index (κ2) is 40.4. The Morgan fingerprint density at radius 2 is 0.769 bits per heavy atom.